The Morgan fingerprint density at radius 2 is 1.70 bits per heavy atom. The molecule has 0 atom stereocenters. The highest BCUT2D eigenvalue weighted by molar-refractivity contribution is 6.30. The molecular formula is C22H27ClN2O2. The maximum Gasteiger partial charge on any atom is 0.221 e. The highest BCUT2D eigenvalue weighted by Gasteiger charge is 2.11. The number of aryl methyl sites for hydroxylation is 1. The molecule has 27 heavy (non-hydrogen) atoms. The zero-order valence-corrected chi connectivity index (χ0v) is 16.5. The number of rotatable bonds is 10. The average Bonchev–Trinajstić information content (AvgIpc) is 2.66. The molecule has 2 amide bonds. The van der Waals surface area contributed by atoms with Crippen LogP contribution in [0.4, 0.5) is 0 Å². The Morgan fingerprint density at radius 3 is 2.41 bits per heavy atom. The van der Waals surface area contributed by atoms with Crippen LogP contribution in [0.3, 0.4) is 0 Å². The minimum absolute atomic E-state index is 0.0166. The van der Waals surface area contributed by atoms with Crippen LogP contribution in [0.25, 0.3) is 0 Å². The molecule has 0 unspecified atom stereocenters. The monoisotopic (exact) mass is 386 g/mol. The lowest BCUT2D eigenvalue weighted by molar-refractivity contribution is -0.129. The van der Waals surface area contributed by atoms with Crippen molar-refractivity contribution in [2.45, 2.75) is 32.6 Å². The minimum Gasteiger partial charge on any atom is -0.356 e. The van der Waals surface area contributed by atoms with Crippen molar-refractivity contribution in [3.05, 3.63) is 70.7 Å². The molecular weight excluding hydrogens is 360 g/mol. The summed E-state index contributed by atoms with van der Waals surface area (Å²) in [6, 6.07) is 17.8. The van der Waals surface area contributed by atoms with Crippen molar-refractivity contribution in [3.8, 4) is 0 Å². The van der Waals surface area contributed by atoms with Gasteiger partial charge in [0, 0.05) is 38.0 Å². The summed E-state index contributed by atoms with van der Waals surface area (Å²) in [6.07, 6.45) is 2.89. The zero-order chi connectivity index (χ0) is 19.5. The lowest BCUT2D eigenvalue weighted by Crippen LogP contribution is -2.35. The number of nitrogens with zero attached hydrogens (tertiary/aromatic N) is 1. The van der Waals surface area contributed by atoms with Gasteiger partial charge >= 0.3 is 0 Å². The Bertz CT molecular complexity index is 734. The average molecular weight is 387 g/mol. The van der Waals surface area contributed by atoms with Crippen LogP contribution in [0.5, 0.6) is 0 Å². The maximum atomic E-state index is 12.0. The van der Waals surface area contributed by atoms with Crippen LogP contribution in [0.2, 0.25) is 5.02 Å². The van der Waals surface area contributed by atoms with Crippen molar-refractivity contribution in [2.24, 2.45) is 0 Å². The summed E-state index contributed by atoms with van der Waals surface area (Å²) >= 11 is 5.99. The summed E-state index contributed by atoms with van der Waals surface area (Å²) < 4.78 is 0. The van der Waals surface area contributed by atoms with E-state index in [9.17, 15) is 9.59 Å². The van der Waals surface area contributed by atoms with E-state index in [1.165, 1.54) is 12.5 Å². The van der Waals surface area contributed by atoms with Gasteiger partial charge in [-0.25, -0.2) is 0 Å². The number of carbonyl (C=O) groups is 2. The van der Waals surface area contributed by atoms with E-state index >= 15 is 0 Å². The van der Waals surface area contributed by atoms with E-state index in [0.29, 0.717) is 31.1 Å². The summed E-state index contributed by atoms with van der Waals surface area (Å²) in [5.41, 5.74) is 2.36. The molecule has 0 saturated heterocycles. The Hall–Kier alpha value is -2.33. The first-order valence-electron chi connectivity index (χ1n) is 9.35. The lowest BCUT2D eigenvalue weighted by atomic mass is 10.1. The third-order valence-corrected chi connectivity index (χ3v) is 4.66. The molecule has 0 aliphatic rings. The molecule has 0 heterocycles. The Kier molecular flexibility index (Phi) is 8.85. The third-order valence-electron chi connectivity index (χ3n) is 4.42. The molecule has 5 heteroatoms. The van der Waals surface area contributed by atoms with E-state index < -0.39 is 0 Å². The molecule has 0 bridgehead atoms. The van der Waals surface area contributed by atoms with Crippen molar-refractivity contribution < 1.29 is 9.59 Å². The second-order valence-electron chi connectivity index (χ2n) is 6.58. The second kappa shape index (κ2) is 11.4. The van der Waals surface area contributed by atoms with Gasteiger partial charge in [0.25, 0.3) is 0 Å². The van der Waals surface area contributed by atoms with Crippen LogP contribution in [0, 0.1) is 0 Å². The normalized spacial score (nSPS) is 10.4. The van der Waals surface area contributed by atoms with Gasteiger partial charge in [0.15, 0.2) is 0 Å². The van der Waals surface area contributed by atoms with Crippen molar-refractivity contribution in [3.63, 3.8) is 0 Å². The van der Waals surface area contributed by atoms with Crippen molar-refractivity contribution in [1.29, 1.82) is 0 Å². The molecule has 0 aliphatic heterocycles. The minimum atomic E-state index is -0.0195. The predicted octanol–water partition coefficient (Wildman–Crippen LogP) is 3.87. The fourth-order valence-corrected chi connectivity index (χ4v) is 3.09. The lowest BCUT2D eigenvalue weighted by Gasteiger charge is -2.21. The first-order valence-corrected chi connectivity index (χ1v) is 9.73. The highest BCUT2D eigenvalue weighted by Crippen LogP contribution is 2.11. The van der Waals surface area contributed by atoms with Crippen molar-refractivity contribution >= 4 is 23.4 Å². The third kappa shape index (κ3) is 8.27. The molecule has 2 aromatic rings. The molecule has 2 rings (SSSR count). The molecule has 144 valence electrons. The molecule has 4 nitrogen and oxygen atoms in total. The summed E-state index contributed by atoms with van der Waals surface area (Å²) in [5, 5.41) is 3.63. The standard InChI is InChI=1S/C22H27ClN2O2/c1-18(26)25(15-12-20-9-5-11-21(23)17-20)16-13-22(27)24-14-6-10-19-7-3-2-4-8-19/h2-5,7-9,11,17H,6,10,12-16H2,1H3,(H,24,27). The molecule has 0 fully saturated rings. The van der Waals surface area contributed by atoms with E-state index in [4.69, 9.17) is 11.6 Å². The van der Waals surface area contributed by atoms with Crippen molar-refractivity contribution in [2.75, 3.05) is 19.6 Å². The summed E-state index contributed by atoms with van der Waals surface area (Å²) in [7, 11) is 0. The zero-order valence-electron chi connectivity index (χ0n) is 15.8. The molecule has 2 aromatic carbocycles. The summed E-state index contributed by atoms with van der Waals surface area (Å²) in [6.45, 7) is 3.20. The predicted molar refractivity (Wildman–Crippen MR) is 110 cm³/mol. The van der Waals surface area contributed by atoms with Gasteiger partial charge in [0.05, 0.1) is 0 Å². The number of benzene rings is 2. The van der Waals surface area contributed by atoms with Gasteiger partial charge in [-0.1, -0.05) is 54.1 Å². The molecule has 0 radical (unpaired) electrons. The first kappa shape index (κ1) is 21.0. The van der Waals surface area contributed by atoms with Crippen LogP contribution >= 0.6 is 11.6 Å². The molecule has 0 aliphatic carbocycles. The van der Waals surface area contributed by atoms with E-state index in [1.54, 1.807) is 4.90 Å². The number of amides is 2. The van der Waals surface area contributed by atoms with E-state index in [-0.39, 0.29) is 11.8 Å². The second-order valence-corrected chi connectivity index (χ2v) is 7.01. The molecule has 0 aromatic heterocycles. The van der Waals surface area contributed by atoms with Crippen molar-refractivity contribution in [1.82, 2.24) is 10.2 Å². The Balaban J connectivity index is 1.66. The molecule has 0 saturated carbocycles. The Morgan fingerprint density at radius 1 is 0.963 bits per heavy atom. The molecule has 0 spiro atoms. The van der Waals surface area contributed by atoms with Crippen LogP contribution in [0.1, 0.15) is 30.9 Å². The largest absolute Gasteiger partial charge is 0.356 e. The van der Waals surface area contributed by atoms with E-state index in [1.807, 2.05) is 42.5 Å². The quantitative estimate of drug-likeness (QED) is 0.630. The van der Waals surface area contributed by atoms with Crippen LogP contribution < -0.4 is 5.32 Å². The van der Waals surface area contributed by atoms with E-state index in [2.05, 4.69) is 17.4 Å². The SMILES string of the molecule is CC(=O)N(CCC(=O)NCCCc1ccccc1)CCc1cccc(Cl)c1. The maximum absolute atomic E-state index is 12.0. The van der Waals surface area contributed by atoms with Gasteiger partial charge in [-0.3, -0.25) is 9.59 Å². The summed E-state index contributed by atoms with van der Waals surface area (Å²) in [5.74, 6) is -0.0361. The van der Waals surface area contributed by atoms with E-state index in [0.717, 1.165) is 24.8 Å². The van der Waals surface area contributed by atoms with Gasteiger partial charge in [-0.05, 0) is 42.5 Å². The smallest absolute Gasteiger partial charge is 0.221 e. The number of halogens is 1. The molecule has 1 N–H and O–H groups in total. The first-order chi connectivity index (χ1) is 13.0. The van der Waals surface area contributed by atoms with Crippen LogP contribution in [-0.2, 0) is 22.4 Å². The number of hydrogen-bond acceptors (Lipinski definition) is 2. The topological polar surface area (TPSA) is 49.4 Å². The van der Waals surface area contributed by atoms with Gasteiger partial charge in [-0.2, -0.15) is 0 Å². The number of hydrogen-bond donors (Lipinski definition) is 1. The fourth-order valence-electron chi connectivity index (χ4n) is 2.87. The fraction of sp³-hybridized carbons (Fsp3) is 0.364. The van der Waals surface area contributed by atoms with Crippen LogP contribution in [-0.4, -0.2) is 36.3 Å². The summed E-state index contributed by atoms with van der Waals surface area (Å²) in [4.78, 5) is 25.6. The Labute approximate surface area is 166 Å². The van der Waals surface area contributed by atoms with Gasteiger partial charge in [0.1, 0.15) is 0 Å². The van der Waals surface area contributed by atoms with Crippen LogP contribution in [0.15, 0.2) is 54.6 Å². The highest BCUT2D eigenvalue weighted by atomic mass is 35.5. The number of carbonyl (C=O) groups excluding carboxylic acids is 2. The van der Waals surface area contributed by atoms with Gasteiger partial charge < -0.3 is 10.2 Å². The van der Waals surface area contributed by atoms with Gasteiger partial charge in [0.2, 0.25) is 11.8 Å². The number of nitrogens with one attached hydrogen (secondary N) is 1. The van der Waals surface area contributed by atoms with Gasteiger partial charge in [-0.15, -0.1) is 0 Å².